The summed E-state index contributed by atoms with van der Waals surface area (Å²) in [6.07, 6.45) is 0.0547. The highest BCUT2D eigenvalue weighted by Gasteiger charge is 2.35. The maximum atomic E-state index is 12.9. The lowest BCUT2D eigenvalue weighted by Gasteiger charge is -2.29. The van der Waals surface area contributed by atoms with Crippen LogP contribution in [0, 0.1) is 0 Å². The normalized spacial score (nSPS) is 20.4. The second kappa shape index (κ2) is 6.68. The summed E-state index contributed by atoms with van der Waals surface area (Å²) in [5.41, 5.74) is 0. The Morgan fingerprint density at radius 3 is 2.47 bits per heavy atom. The molecule has 2 amide bonds. The first-order chi connectivity index (χ1) is 8.84. The zero-order chi connectivity index (χ0) is 14.5. The van der Waals surface area contributed by atoms with Gasteiger partial charge in [0, 0.05) is 18.9 Å². The fourth-order valence-corrected chi connectivity index (χ4v) is 1.93. The van der Waals surface area contributed by atoms with Crippen molar-refractivity contribution in [1.82, 2.24) is 10.6 Å². The van der Waals surface area contributed by atoms with Crippen molar-refractivity contribution in [2.75, 3.05) is 6.61 Å². The van der Waals surface area contributed by atoms with E-state index < -0.39 is 24.0 Å². The average Bonchev–Trinajstić information content (AvgIpc) is 2.32. The van der Waals surface area contributed by atoms with Crippen LogP contribution < -0.4 is 10.6 Å². The van der Waals surface area contributed by atoms with E-state index in [2.05, 4.69) is 10.6 Å². The van der Waals surface area contributed by atoms with Crippen LogP contribution in [0.2, 0.25) is 0 Å². The van der Waals surface area contributed by atoms with E-state index in [0.717, 1.165) is 0 Å². The number of rotatable bonds is 4. The van der Waals surface area contributed by atoms with Crippen LogP contribution >= 0.6 is 0 Å². The molecule has 5 nitrogen and oxygen atoms in total. The van der Waals surface area contributed by atoms with Gasteiger partial charge in [-0.25, -0.2) is 18.4 Å². The first-order valence-corrected chi connectivity index (χ1v) is 6.45. The minimum Gasteiger partial charge on any atom is -0.464 e. The standard InChI is InChI=1S/C12H20F2N2O3/c1-3-19-10(17)8(2)15-11(18)16-9-4-6-12(13,14)7-5-9/h8-9H,3-7H2,1-2H3,(H2,15,16,18). The summed E-state index contributed by atoms with van der Waals surface area (Å²) in [6.45, 7) is 3.42. The van der Waals surface area contributed by atoms with Crippen LogP contribution in [0.25, 0.3) is 0 Å². The summed E-state index contributed by atoms with van der Waals surface area (Å²) in [4.78, 5) is 22.9. The molecule has 0 aromatic heterocycles. The summed E-state index contributed by atoms with van der Waals surface area (Å²) >= 11 is 0. The highest BCUT2D eigenvalue weighted by atomic mass is 19.3. The average molecular weight is 278 g/mol. The van der Waals surface area contributed by atoms with Gasteiger partial charge in [-0.15, -0.1) is 0 Å². The van der Waals surface area contributed by atoms with Gasteiger partial charge in [-0.3, -0.25) is 0 Å². The van der Waals surface area contributed by atoms with Gasteiger partial charge in [-0.1, -0.05) is 0 Å². The van der Waals surface area contributed by atoms with Gasteiger partial charge in [0.2, 0.25) is 5.92 Å². The van der Waals surface area contributed by atoms with Crippen molar-refractivity contribution in [1.29, 1.82) is 0 Å². The van der Waals surface area contributed by atoms with Crippen molar-refractivity contribution in [2.45, 2.75) is 57.5 Å². The second-order valence-corrected chi connectivity index (χ2v) is 4.72. The molecule has 1 unspecified atom stereocenters. The molecule has 110 valence electrons. The number of esters is 1. The summed E-state index contributed by atoms with van der Waals surface area (Å²) in [7, 11) is 0. The zero-order valence-corrected chi connectivity index (χ0v) is 11.2. The van der Waals surface area contributed by atoms with Crippen LogP contribution in [-0.2, 0) is 9.53 Å². The predicted octanol–water partition coefficient (Wildman–Crippen LogP) is 1.82. The Morgan fingerprint density at radius 1 is 1.37 bits per heavy atom. The second-order valence-electron chi connectivity index (χ2n) is 4.72. The van der Waals surface area contributed by atoms with E-state index in [0.29, 0.717) is 0 Å². The lowest BCUT2D eigenvalue weighted by atomic mass is 9.92. The molecule has 0 saturated heterocycles. The van der Waals surface area contributed by atoms with E-state index in [9.17, 15) is 18.4 Å². The molecular weight excluding hydrogens is 258 g/mol. The van der Waals surface area contributed by atoms with Crippen LogP contribution in [0.5, 0.6) is 0 Å². The van der Waals surface area contributed by atoms with Gasteiger partial charge >= 0.3 is 12.0 Å². The number of carbonyl (C=O) groups is 2. The molecule has 19 heavy (non-hydrogen) atoms. The van der Waals surface area contributed by atoms with E-state index in [1.807, 2.05) is 0 Å². The Hall–Kier alpha value is -1.40. The third-order valence-corrected chi connectivity index (χ3v) is 3.04. The van der Waals surface area contributed by atoms with Gasteiger partial charge in [0.05, 0.1) is 6.61 Å². The first kappa shape index (κ1) is 15.7. The van der Waals surface area contributed by atoms with Gasteiger partial charge in [-0.05, 0) is 26.7 Å². The topological polar surface area (TPSA) is 67.4 Å². The smallest absolute Gasteiger partial charge is 0.328 e. The Kier molecular flexibility index (Phi) is 5.50. The van der Waals surface area contributed by atoms with Gasteiger partial charge in [0.1, 0.15) is 6.04 Å². The van der Waals surface area contributed by atoms with E-state index in [1.54, 1.807) is 6.92 Å². The Labute approximate surface area is 111 Å². The number of hydrogen-bond donors (Lipinski definition) is 2. The largest absolute Gasteiger partial charge is 0.464 e. The fraction of sp³-hybridized carbons (Fsp3) is 0.833. The molecule has 7 heteroatoms. The monoisotopic (exact) mass is 278 g/mol. The van der Waals surface area contributed by atoms with Gasteiger partial charge < -0.3 is 15.4 Å². The lowest BCUT2D eigenvalue weighted by molar-refractivity contribution is -0.144. The van der Waals surface area contributed by atoms with E-state index >= 15 is 0 Å². The Balaban J connectivity index is 2.30. The SMILES string of the molecule is CCOC(=O)C(C)NC(=O)NC1CCC(F)(F)CC1. The van der Waals surface area contributed by atoms with Crippen molar-refractivity contribution in [3.8, 4) is 0 Å². The number of urea groups is 1. The predicted molar refractivity (Wildman–Crippen MR) is 65.0 cm³/mol. The molecule has 0 aliphatic heterocycles. The molecule has 2 N–H and O–H groups in total. The highest BCUT2D eigenvalue weighted by Crippen LogP contribution is 2.32. The van der Waals surface area contributed by atoms with Gasteiger partial charge in [0.15, 0.2) is 0 Å². The zero-order valence-electron chi connectivity index (χ0n) is 11.2. The molecule has 0 radical (unpaired) electrons. The molecule has 1 rings (SSSR count). The molecule has 0 spiro atoms. The number of carbonyl (C=O) groups excluding carboxylic acids is 2. The molecule has 0 aromatic rings. The molecule has 1 saturated carbocycles. The van der Waals surface area contributed by atoms with Crippen LogP contribution in [0.3, 0.4) is 0 Å². The number of nitrogens with one attached hydrogen (secondary N) is 2. The molecule has 1 atom stereocenters. The van der Waals surface area contributed by atoms with E-state index in [4.69, 9.17) is 4.74 Å². The fourth-order valence-electron chi connectivity index (χ4n) is 1.93. The molecule has 0 heterocycles. The Bertz CT molecular complexity index is 327. The highest BCUT2D eigenvalue weighted by molar-refractivity contribution is 5.83. The third kappa shape index (κ3) is 5.40. The van der Waals surface area contributed by atoms with Gasteiger partial charge in [0.25, 0.3) is 0 Å². The summed E-state index contributed by atoms with van der Waals surface area (Å²) < 4.78 is 30.6. The van der Waals surface area contributed by atoms with E-state index in [1.165, 1.54) is 6.92 Å². The van der Waals surface area contributed by atoms with Crippen LogP contribution in [0.1, 0.15) is 39.5 Å². The number of hydrogen-bond acceptors (Lipinski definition) is 3. The molecule has 0 bridgehead atoms. The number of alkyl halides is 2. The summed E-state index contributed by atoms with van der Waals surface area (Å²) in [5, 5.41) is 5.01. The van der Waals surface area contributed by atoms with E-state index in [-0.39, 0.29) is 38.3 Å². The minimum absolute atomic E-state index is 0.217. The number of halogens is 2. The quantitative estimate of drug-likeness (QED) is 0.771. The van der Waals surface area contributed by atoms with Crippen LogP contribution in [-0.4, -0.2) is 36.6 Å². The number of amides is 2. The van der Waals surface area contributed by atoms with Crippen LogP contribution in [0.4, 0.5) is 13.6 Å². The summed E-state index contributed by atoms with van der Waals surface area (Å²) in [6, 6.07) is -1.56. The van der Waals surface area contributed by atoms with Crippen molar-refractivity contribution < 1.29 is 23.1 Å². The molecule has 0 aromatic carbocycles. The number of ether oxygens (including phenoxy) is 1. The lowest BCUT2D eigenvalue weighted by Crippen LogP contribution is -2.49. The van der Waals surface area contributed by atoms with Crippen molar-refractivity contribution in [2.24, 2.45) is 0 Å². The van der Waals surface area contributed by atoms with Crippen molar-refractivity contribution in [3.63, 3.8) is 0 Å². The summed E-state index contributed by atoms with van der Waals surface area (Å²) in [5.74, 6) is -3.14. The minimum atomic E-state index is -2.62. The Morgan fingerprint density at radius 2 is 1.95 bits per heavy atom. The first-order valence-electron chi connectivity index (χ1n) is 6.45. The van der Waals surface area contributed by atoms with Crippen molar-refractivity contribution in [3.05, 3.63) is 0 Å². The molecular formula is C12H20F2N2O3. The molecule has 1 aliphatic rings. The molecule has 1 aliphatic carbocycles. The third-order valence-electron chi connectivity index (χ3n) is 3.04. The van der Waals surface area contributed by atoms with Gasteiger partial charge in [-0.2, -0.15) is 0 Å². The molecule has 1 fully saturated rings. The maximum absolute atomic E-state index is 12.9. The van der Waals surface area contributed by atoms with Crippen molar-refractivity contribution >= 4 is 12.0 Å². The van der Waals surface area contributed by atoms with Crippen LogP contribution in [0.15, 0.2) is 0 Å². The maximum Gasteiger partial charge on any atom is 0.328 e.